The molecule has 0 unspecified atom stereocenters. The number of aliphatic carboxylic acids is 1. The van der Waals surface area contributed by atoms with Crippen molar-refractivity contribution in [2.45, 2.75) is 19.4 Å². The molecule has 1 aromatic rings. The van der Waals surface area contributed by atoms with Gasteiger partial charge < -0.3 is 15.5 Å². The van der Waals surface area contributed by atoms with Crippen molar-refractivity contribution in [2.24, 2.45) is 0 Å². The number of carbonyl (C=O) groups is 2. The predicted octanol–water partition coefficient (Wildman–Crippen LogP) is 0.840. The molecule has 0 aliphatic carbocycles. The van der Waals surface area contributed by atoms with Gasteiger partial charge in [0.2, 0.25) is 0 Å². The molecule has 0 saturated carbocycles. The summed E-state index contributed by atoms with van der Waals surface area (Å²) in [6, 6.07) is 7.00. The number of urea groups is 1. The van der Waals surface area contributed by atoms with Gasteiger partial charge in [0, 0.05) is 12.7 Å². The first-order valence-corrected chi connectivity index (χ1v) is 5.97. The van der Waals surface area contributed by atoms with Gasteiger partial charge in [0.05, 0.1) is 6.54 Å². The first-order valence-electron chi connectivity index (χ1n) is 5.97. The van der Waals surface area contributed by atoms with Gasteiger partial charge in [-0.15, -0.1) is 0 Å². The van der Waals surface area contributed by atoms with E-state index in [-0.39, 0.29) is 6.54 Å². The number of rotatable bonds is 5. The molecule has 104 valence electrons. The third-order valence-corrected chi connectivity index (χ3v) is 2.77. The molecule has 0 fully saturated rings. The number of anilines is 1. The number of nitrogens with zero attached hydrogens (tertiary/aromatic N) is 1. The van der Waals surface area contributed by atoms with Crippen LogP contribution in [-0.2, 0) is 11.2 Å². The molecule has 0 aromatic heterocycles. The van der Waals surface area contributed by atoms with Crippen LogP contribution in [0.3, 0.4) is 0 Å². The normalized spacial score (nSPS) is 11.7. The van der Waals surface area contributed by atoms with Crippen molar-refractivity contribution in [3.8, 4) is 0 Å². The Labute approximate surface area is 111 Å². The highest BCUT2D eigenvalue weighted by Gasteiger charge is 2.16. The maximum Gasteiger partial charge on any atom is 0.334 e. The van der Waals surface area contributed by atoms with E-state index in [0.717, 1.165) is 6.42 Å². The van der Waals surface area contributed by atoms with E-state index in [1.807, 2.05) is 31.2 Å². The molecule has 1 atom stereocenters. The van der Waals surface area contributed by atoms with Crippen molar-refractivity contribution in [3.05, 3.63) is 29.8 Å². The lowest BCUT2D eigenvalue weighted by Gasteiger charge is -2.19. The summed E-state index contributed by atoms with van der Waals surface area (Å²) < 4.78 is 0. The number of aryl methyl sites for hydroxylation is 1. The molecule has 0 aliphatic rings. The van der Waals surface area contributed by atoms with Gasteiger partial charge in [0.15, 0.2) is 6.10 Å². The zero-order valence-corrected chi connectivity index (χ0v) is 11.0. The summed E-state index contributed by atoms with van der Waals surface area (Å²) in [6.45, 7) is 1.71. The van der Waals surface area contributed by atoms with Crippen LogP contribution in [0.5, 0.6) is 0 Å². The van der Waals surface area contributed by atoms with Crippen LogP contribution in [0.4, 0.5) is 10.5 Å². The molecule has 1 aromatic carbocycles. The van der Waals surface area contributed by atoms with E-state index in [1.54, 1.807) is 7.05 Å². The van der Waals surface area contributed by atoms with Gasteiger partial charge in [-0.2, -0.15) is 0 Å². The van der Waals surface area contributed by atoms with E-state index in [4.69, 9.17) is 10.2 Å². The first-order chi connectivity index (χ1) is 8.95. The molecule has 1 rings (SSSR count). The summed E-state index contributed by atoms with van der Waals surface area (Å²) in [5.41, 5.74) is 1.86. The maximum absolute atomic E-state index is 11.7. The Hall–Kier alpha value is -2.08. The summed E-state index contributed by atoms with van der Waals surface area (Å²) in [6.07, 6.45) is -0.680. The second-order valence-electron chi connectivity index (χ2n) is 4.12. The van der Waals surface area contributed by atoms with Crippen LogP contribution < -0.4 is 10.2 Å². The van der Waals surface area contributed by atoms with E-state index in [0.29, 0.717) is 5.69 Å². The monoisotopic (exact) mass is 266 g/mol. The summed E-state index contributed by atoms with van der Waals surface area (Å²) in [7, 11) is 1.57. The third-order valence-electron chi connectivity index (χ3n) is 2.77. The van der Waals surface area contributed by atoms with Gasteiger partial charge >= 0.3 is 12.0 Å². The average Bonchev–Trinajstić information content (AvgIpc) is 2.43. The number of carboxylic acids is 1. The quantitative estimate of drug-likeness (QED) is 0.736. The largest absolute Gasteiger partial charge is 0.479 e. The minimum Gasteiger partial charge on any atom is -0.479 e. The zero-order chi connectivity index (χ0) is 14.4. The highest BCUT2D eigenvalue weighted by atomic mass is 16.4. The fourth-order valence-electron chi connectivity index (χ4n) is 1.46. The van der Waals surface area contributed by atoms with Crippen molar-refractivity contribution in [1.82, 2.24) is 5.32 Å². The molecular weight excluding hydrogens is 248 g/mol. The highest BCUT2D eigenvalue weighted by molar-refractivity contribution is 5.91. The molecule has 6 nitrogen and oxygen atoms in total. The summed E-state index contributed by atoms with van der Waals surface area (Å²) in [5, 5.41) is 19.9. The molecule has 0 saturated heterocycles. The van der Waals surface area contributed by atoms with E-state index >= 15 is 0 Å². The first kappa shape index (κ1) is 15.0. The molecule has 3 N–H and O–H groups in total. The van der Waals surface area contributed by atoms with Crippen molar-refractivity contribution < 1.29 is 19.8 Å². The number of carboxylic acid groups (broad SMARTS) is 1. The number of benzene rings is 1. The number of amides is 2. The summed E-state index contributed by atoms with van der Waals surface area (Å²) in [4.78, 5) is 23.5. The van der Waals surface area contributed by atoms with E-state index in [1.165, 1.54) is 10.5 Å². The molecule has 0 heterocycles. The van der Waals surface area contributed by atoms with Crippen LogP contribution in [0, 0.1) is 0 Å². The van der Waals surface area contributed by atoms with Crippen molar-refractivity contribution in [1.29, 1.82) is 0 Å². The van der Waals surface area contributed by atoms with Gasteiger partial charge in [-0.3, -0.25) is 4.90 Å². The molecule has 19 heavy (non-hydrogen) atoms. The van der Waals surface area contributed by atoms with Crippen molar-refractivity contribution in [2.75, 3.05) is 18.5 Å². The molecule has 0 bridgehead atoms. The molecular formula is C13H18N2O4. The SMILES string of the molecule is CCc1ccc(N(C)C(=O)NC[C@H](O)C(=O)O)cc1. The molecule has 0 radical (unpaired) electrons. The molecule has 6 heteroatoms. The van der Waals surface area contributed by atoms with Crippen molar-refractivity contribution >= 4 is 17.7 Å². The van der Waals surface area contributed by atoms with Gasteiger partial charge in [-0.05, 0) is 24.1 Å². The highest BCUT2D eigenvalue weighted by Crippen LogP contribution is 2.14. The molecule has 0 spiro atoms. The fraction of sp³-hybridized carbons (Fsp3) is 0.385. The Bertz CT molecular complexity index is 444. The van der Waals surface area contributed by atoms with Gasteiger partial charge in [0.25, 0.3) is 0 Å². The van der Waals surface area contributed by atoms with Crippen LogP contribution >= 0.6 is 0 Å². The minimum absolute atomic E-state index is 0.328. The summed E-state index contributed by atoms with van der Waals surface area (Å²) in [5.74, 6) is -1.37. The van der Waals surface area contributed by atoms with Crippen molar-refractivity contribution in [3.63, 3.8) is 0 Å². The number of hydrogen-bond donors (Lipinski definition) is 3. The number of carbonyl (C=O) groups excluding carboxylic acids is 1. The Morgan fingerprint density at radius 2 is 1.89 bits per heavy atom. The number of nitrogens with one attached hydrogen (secondary N) is 1. The third kappa shape index (κ3) is 4.26. The lowest BCUT2D eigenvalue weighted by Crippen LogP contribution is -2.43. The zero-order valence-electron chi connectivity index (χ0n) is 11.0. The molecule has 0 aliphatic heterocycles. The Morgan fingerprint density at radius 3 is 2.37 bits per heavy atom. The van der Waals surface area contributed by atoms with Gasteiger partial charge in [0.1, 0.15) is 0 Å². The second-order valence-corrected chi connectivity index (χ2v) is 4.12. The Balaban J connectivity index is 2.58. The fourth-order valence-corrected chi connectivity index (χ4v) is 1.46. The van der Waals surface area contributed by atoms with E-state index < -0.39 is 18.1 Å². The standard InChI is InChI=1S/C13H18N2O4/c1-3-9-4-6-10(7-5-9)15(2)13(19)14-8-11(16)12(17)18/h4-7,11,16H,3,8H2,1-2H3,(H,14,19)(H,17,18)/t11-/m0/s1. The topological polar surface area (TPSA) is 89.9 Å². The van der Waals surface area contributed by atoms with Crippen LogP contribution in [0.25, 0.3) is 0 Å². The lowest BCUT2D eigenvalue weighted by molar-refractivity contribution is -0.146. The van der Waals surface area contributed by atoms with E-state index in [2.05, 4.69) is 5.32 Å². The Kier molecular flexibility index (Phi) is 5.32. The maximum atomic E-state index is 11.7. The van der Waals surface area contributed by atoms with Crippen LogP contribution in [0.2, 0.25) is 0 Å². The summed E-state index contributed by atoms with van der Waals surface area (Å²) >= 11 is 0. The number of hydrogen-bond acceptors (Lipinski definition) is 3. The Morgan fingerprint density at radius 1 is 1.32 bits per heavy atom. The van der Waals surface area contributed by atoms with Crippen LogP contribution in [0.1, 0.15) is 12.5 Å². The smallest absolute Gasteiger partial charge is 0.334 e. The van der Waals surface area contributed by atoms with Crippen LogP contribution in [-0.4, -0.2) is 41.9 Å². The van der Waals surface area contributed by atoms with E-state index in [9.17, 15) is 9.59 Å². The number of aliphatic hydroxyl groups is 1. The predicted molar refractivity (Wildman–Crippen MR) is 71.3 cm³/mol. The van der Waals surface area contributed by atoms with Crippen LogP contribution in [0.15, 0.2) is 24.3 Å². The van der Waals surface area contributed by atoms with Gasteiger partial charge in [-0.25, -0.2) is 9.59 Å². The number of aliphatic hydroxyl groups excluding tert-OH is 1. The average molecular weight is 266 g/mol. The molecule has 2 amide bonds. The second kappa shape index (κ2) is 6.75. The lowest BCUT2D eigenvalue weighted by atomic mass is 10.1. The van der Waals surface area contributed by atoms with Gasteiger partial charge in [-0.1, -0.05) is 19.1 Å². The minimum atomic E-state index is -1.60.